The number of carbonyl (C=O) groups excluding carboxylic acids is 1. The third-order valence-electron chi connectivity index (χ3n) is 4.48. The van der Waals surface area contributed by atoms with Crippen LogP contribution in [-0.4, -0.2) is 31.2 Å². The molecule has 1 aliphatic heterocycles. The van der Waals surface area contributed by atoms with E-state index in [1.165, 1.54) is 35.9 Å². The zero-order valence-electron chi connectivity index (χ0n) is 15.5. The number of carbonyl (C=O) groups is 1. The zero-order chi connectivity index (χ0) is 20.3. The van der Waals surface area contributed by atoms with Crippen molar-refractivity contribution in [2.45, 2.75) is 29.8 Å². The molecule has 1 aromatic carbocycles. The van der Waals surface area contributed by atoms with Gasteiger partial charge in [0, 0.05) is 36.2 Å². The van der Waals surface area contributed by atoms with E-state index in [1.54, 1.807) is 12.1 Å². The van der Waals surface area contributed by atoms with Gasteiger partial charge in [-0.2, -0.15) is 8.42 Å². The first-order valence-electron chi connectivity index (χ1n) is 9.20. The van der Waals surface area contributed by atoms with Crippen molar-refractivity contribution in [3.8, 4) is 0 Å². The molecule has 1 saturated heterocycles. The zero-order valence-corrected chi connectivity index (χ0v) is 17.1. The number of aromatic nitrogens is 1. The molecule has 1 unspecified atom stereocenters. The lowest BCUT2D eigenvalue weighted by Crippen LogP contribution is -2.32. The van der Waals surface area contributed by atoms with Gasteiger partial charge in [-0.25, -0.2) is 14.3 Å². The number of nitrogens with one attached hydrogen (secondary N) is 1. The van der Waals surface area contributed by atoms with Gasteiger partial charge < -0.3 is 4.74 Å². The molecule has 0 radical (unpaired) electrons. The van der Waals surface area contributed by atoms with Crippen LogP contribution in [0.4, 0.5) is 0 Å². The molecule has 0 aliphatic carbocycles. The molecule has 1 fully saturated rings. The second-order valence-electron chi connectivity index (χ2n) is 6.60. The molecule has 0 spiro atoms. The van der Waals surface area contributed by atoms with Crippen molar-refractivity contribution in [3.63, 3.8) is 0 Å². The lowest BCUT2D eigenvalue weighted by Gasteiger charge is -2.21. The number of amides is 1. The van der Waals surface area contributed by atoms with Crippen LogP contribution < -0.4 is 5.48 Å². The van der Waals surface area contributed by atoms with Crippen molar-refractivity contribution in [1.82, 2.24) is 9.45 Å². The highest BCUT2D eigenvalue weighted by Crippen LogP contribution is 2.30. The van der Waals surface area contributed by atoms with E-state index < -0.39 is 22.2 Å². The maximum Gasteiger partial charge on any atom is 0.277 e. The summed E-state index contributed by atoms with van der Waals surface area (Å²) in [6.45, 7) is 0.623. The van der Waals surface area contributed by atoms with E-state index in [0.29, 0.717) is 12.2 Å². The number of ether oxygens (including phenoxy) is 1. The largest absolute Gasteiger partial charge is 0.350 e. The second-order valence-corrected chi connectivity index (χ2v) is 9.75. The minimum absolute atomic E-state index is 0.267. The fraction of sp³-hybridized carbons (Fsp3) is 0.250. The van der Waals surface area contributed by atoms with E-state index in [1.807, 2.05) is 24.3 Å². The average molecular weight is 433 g/mol. The van der Waals surface area contributed by atoms with Crippen LogP contribution in [0.15, 0.2) is 59.1 Å². The van der Waals surface area contributed by atoms with Gasteiger partial charge in [0.15, 0.2) is 6.29 Å². The summed E-state index contributed by atoms with van der Waals surface area (Å²) in [5.74, 6) is -0.445. The van der Waals surface area contributed by atoms with Crippen molar-refractivity contribution in [2.24, 2.45) is 0 Å². The smallest absolute Gasteiger partial charge is 0.277 e. The van der Waals surface area contributed by atoms with Gasteiger partial charge in [0.2, 0.25) is 0 Å². The van der Waals surface area contributed by atoms with E-state index in [9.17, 15) is 13.2 Å². The van der Waals surface area contributed by atoms with Gasteiger partial charge in [0.05, 0.1) is 0 Å². The molecule has 1 amide bonds. The van der Waals surface area contributed by atoms with Crippen LogP contribution in [-0.2, 0) is 24.4 Å². The van der Waals surface area contributed by atoms with E-state index in [2.05, 4.69) is 5.48 Å². The molecule has 4 rings (SSSR count). The highest BCUT2D eigenvalue weighted by Gasteiger charge is 2.19. The van der Waals surface area contributed by atoms with E-state index in [-0.39, 0.29) is 4.21 Å². The minimum Gasteiger partial charge on any atom is -0.350 e. The fourth-order valence-electron chi connectivity index (χ4n) is 2.96. The highest BCUT2D eigenvalue weighted by atomic mass is 32.2. The number of hydrogen-bond donors (Lipinski definition) is 1. The van der Waals surface area contributed by atoms with Crippen LogP contribution in [0.2, 0.25) is 0 Å². The molecule has 2 aromatic heterocycles. The van der Waals surface area contributed by atoms with Crippen LogP contribution in [0.25, 0.3) is 16.2 Å². The van der Waals surface area contributed by atoms with Crippen LogP contribution in [0.5, 0.6) is 0 Å². The molecule has 0 bridgehead atoms. The van der Waals surface area contributed by atoms with Gasteiger partial charge in [0.25, 0.3) is 15.9 Å². The SMILES string of the molecule is O=C(C=Cc1ccn(S(=O)(=O)c2cc3ccccc3s2)c1)NOC1CCCCO1. The van der Waals surface area contributed by atoms with Crippen molar-refractivity contribution in [1.29, 1.82) is 0 Å². The van der Waals surface area contributed by atoms with Gasteiger partial charge in [-0.05, 0) is 48.1 Å². The third-order valence-corrected chi connectivity index (χ3v) is 7.68. The predicted molar refractivity (Wildman–Crippen MR) is 111 cm³/mol. The summed E-state index contributed by atoms with van der Waals surface area (Å²) >= 11 is 1.23. The van der Waals surface area contributed by atoms with E-state index in [4.69, 9.17) is 9.57 Å². The first-order valence-corrected chi connectivity index (χ1v) is 11.5. The van der Waals surface area contributed by atoms with Gasteiger partial charge in [-0.15, -0.1) is 11.3 Å². The molecule has 1 atom stereocenters. The minimum atomic E-state index is -3.68. The maximum absolute atomic E-state index is 12.9. The van der Waals surface area contributed by atoms with E-state index in [0.717, 1.165) is 33.3 Å². The van der Waals surface area contributed by atoms with Gasteiger partial charge in [0.1, 0.15) is 4.21 Å². The first-order chi connectivity index (χ1) is 14.0. The Balaban J connectivity index is 1.41. The summed E-state index contributed by atoms with van der Waals surface area (Å²) in [7, 11) is -3.68. The molecule has 1 aliphatic rings. The molecule has 7 nitrogen and oxygen atoms in total. The summed E-state index contributed by atoms with van der Waals surface area (Å²) in [6, 6.07) is 10.8. The van der Waals surface area contributed by atoms with Crippen molar-refractivity contribution in [2.75, 3.05) is 6.61 Å². The summed E-state index contributed by atoms with van der Waals surface area (Å²) < 4.78 is 33.4. The Kier molecular flexibility index (Phi) is 5.81. The van der Waals surface area contributed by atoms with Gasteiger partial charge in [-0.3, -0.25) is 4.79 Å². The molecular weight excluding hydrogens is 412 g/mol. The Labute approximate surface area is 172 Å². The highest BCUT2D eigenvalue weighted by molar-refractivity contribution is 7.92. The molecule has 3 heterocycles. The average Bonchev–Trinajstić information content (AvgIpc) is 3.39. The van der Waals surface area contributed by atoms with Crippen molar-refractivity contribution < 1.29 is 22.8 Å². The molecule has 29 heavy (non-hydrogen) atoms. The molecule has 9 heteroatoms. The topological polar surface area (TPSA) is 86.6 Å². The quantitative estimate of drug-likeness (QED) is 0.476. The standard InChI is InChI=1S/C20H20N2O5S2/c23-18(21-27-19-7-3-4-12-26-19)9-8-15-10-11-22(14-15)29(24,25)20-13-16-5-1-2-6-17(16)28-20/h1-2,5-6,8-11,13-14,19H,3-4,7,12H2,(H,21,23). The molecule has 3 aromatic rings. The summed E-state index contributed by atoms with van der Waals surface area (Å²) in [5, 5.41) is 0.891. The third kappa shape index (κ3) is 4.59. The number of fused-ring (bicyclic) bond motifs is 1. The Bertz CT molecular complexity index is 1110. The Morgan fingerprint density at radius 3 is 2.93 bits per heavy atom. The Morgan fingerprint density at radius 1 is 1.28 bits per heavy atom. The molecule has 1 N–H and O–H groups in total. The van der Waals surface area contributed by atoms with Crippen molar-refractivity contribution >= 4 is 43.4 Å². The van der Waals surface area contributed by atoms with Crippen LogP contribution in [0.1, 0.15) is 24.8 Å². The Hall–Kier alpha value is -2.46. The summed E-state index contributed by atoms with van der Waals surface area (Å²) in [6.07, 6.45) is 8.05. The lowest BCUT2D eigenvalue weighted by molar-refractivity contribution is -0.198. The Morgan fingerprint density at radius 2 is 2.14 bits per heavy atom. The fourth-order valence-corrected chi connectivity index (χ4v) is 5.67. The normalized spacial score (nSPS) is 17.7. The van der Waals surface area contributed by atoms with Gasteiger partial charge >= 0.3 is 0 Å². The van der Waals surface area contributed by atoms with Crippen LogP contribution in [0, 0.1) is 0 Å². The van der Waals surface area contributed by atoms with Crippen LogP contribution >= 0.6 is 11.3 Å². The molecular formula is C20H20N2O5S2. The predicted octanol–water partition coefficient (Wildman–Crippen LogP) is 3.53. The second kappa shape index (κ2) is 8.50. The summed E-state index contributed by atoms with van der Waals surface area (Å²) in [5.41, 5.74) is 2.91. The molecule has 152 valence electrons. The monoisotopic (exact) mass is 432 g/mol. The van der Waals surface area contributed by atoms with E-state index >= 15 is 0 Å². The maximum atomic E-state index is 12.9. The number of rotatable bonds is 6. The van der Waals surface area contributed by atoms with Crippen LogP contribution in [0.3, 0.4) is 0 Å². The number of hydrogen-bond acceptors (Lipinski definition) is 6. The number of thiophene rings is 1. The lowest BCUT2D eigenvalue weighted by atomic mass is 10.2. The first kappa shape index (κ1) is 19.8. The molecule has 0 saturated carbocycles. The number of nitrogens with zero attached hydrogens (tertiary/aromatic N) is 1. The summed E-state index contributed by atoms with van der Waals surface area (Å²) in [4.78, 5) is 17.1. The number of hydroxylamine groups is 1. The van der Waals surface area contributed by atoms with Crippen molar-refractivity contribution in [3.05, 3.63) is 60.4 Å². The van der Waals surface area contributed by atoms with Gasteiger partial charge in [-0.1, -0.05) is 18.2 Å². The number of benzene rings is 1.